The predicted octanol–water partition coefficient (Wildman–Crippen LogP) is 3.46. The van der Waals surface area contributed by atoms with Crippen LogP contribution in [0.3, 0.4) is 0 Å². The maximum absolute atomic E-state index is 3.89. The zero-order valence-electron chi connectivity index (χ0n) is 10.9. The molecule has 3 aliphatic carbocycles. The highest BCUT2D eigenvalue weighted by atomic mass is 32.2. The fourth-order valence-corrected chi connectivity index (χ4v) is 5.23. The lowest BCUT2D eigenvalue weighted by atomic mass is 9.93. The van der Waals surface area contributed by atoms with Crippen molar-refractivity contribution in [2.45, 2.75) is 50.3 Å². The van der Waals surface area contributed by atoms with Crippen LogP contribution in [-0.4, -0.2) is 23.6 Å². The maximum atomic E-state index is 3.89. The Morgan fingerprint density at radius 2 is 2.18 bits per heavy atom. The van der Waals surface area contributed by atoms with Gasteiger partial charge in [0.15, 0.2) is 0 Å². The molecule has 5 unspecified atom stereocenters. The van der Waals surface area contributed by atoms with Crippen LogP contribution in [0.1, 0.15) is 39.0 Å². The number of fused-ring (bicyclic) bond motifs is 2. The van der Waals surface area contributed by atoms with E-state index in [2.05, 4.69) is 36.2 Å². The van der Waals surface area contributed by atoms with E-state index < -0.39 is 0 Å². The number of hydrogen-bond acceptors (Lipinski definition) is 2. The van der Waals surface area contributed by atoms with Gasteiger partial charge in [-0.3, -0.25) is 0 Å². The van der Waals surface area contributed by atoms with Crippen molar-refractivity contribution in [1.82, 2.24) is 5.32 Å². The van der Waals surface area contributed by atoms with E-state index in [-0.39, 0.29) is 0 Å². The molecule has 0 radical (unpaired) electrons. The standard InChI is InChI=1S/C15H25NS/c1-2-17-15-5-3-4-14(15)16-10-13-9-11-6-7-12(13)8-11/h6-7,11-16H,2-5,8-10H2,1H3. The highest BCUT2D eigenvalue weighted by Crippen LogP contribution is 2.43. The third-order valence-corrected chi connectivity index (χ3v) is 6.22. The van der Waals surface area contributed by atoms with Gasteiger partial charge in [-0.25, -0.2) is 0 Å². The van der Waals surface area contributed by atoms with Crippen molar-refractivity contribution >= 4 is 11.8 Å². The van der Waals surface area contributed by atoms with Gasteiger partial charge in [0.1, 0.15) is 0 Å². The number of thioether (sulfide) groups is 1. The molecule has 0 saturated heterocycles. The molecule has 3 aliphatic rings. The summed E-state index contributed by atoms with van der Waals surface area (Å²) >= 11 is 2.17. The van der Waals surface area contributed by atoms with E-state index in [4.69, 9.17) is 0 Å². The van der Waals surface area contributed by atoms with E-state index in [1.54, 1.807) is 0 Å². The molecule has 0 aromatic rings. The van der Waals surface area contributed by atoms with Crippen molar-refractivity contribution in [2.75, 3.05) is 12.3 Å². The molecule has 96 valence electrons. The fraction of sp³-hybridized carbons (Fsp3) is 0.867. The Balaban J connectivity index is 1.46. The molecule has 17 heavy (non-hydrogen) atoms. The monoisotopic (exact) mass is 251 g/mol. The summed E-state index contributed by atoms with van der Waals surface area (Å²) in [5.74, 6) is 4.06. The van der Waals surface area contributed by atoms with Crippen molar-refractivity contribution in [2.24, 2.45) is 17.8 Å². The molecular weight excluding hydrogens is 226 g/mol. The molecule has 0 aliphatic heterocycles. The van der Waals surface area contributed by atoms with Crippen LogP contribution in [-0.2, 0) is 0 Å². The first-order valence-corrected chi connectivity index (χ1v) is 8.45. The second-order valence-electron chi connectivity index (χ2n) is 5.98. The summed E-state index contributed by atoms with van der Waals surface area (Å²) in [7, 11) is 0. The largest absolute Gasteiger partial charge is 0.313 e. The first-order chi connectivity index (χ1) is 8.36. The van der Waals surface area contributed by atoms with Crippen molar-refractivity contribution < 1.29 is 0 Å². The van der Waals surface area contributed by atoms with E-state index >= 15 is 0 Å². The van der Waals surface area contributed by atoms with Gasteiger partial charge in [0.2, 0.25) is 0 Å². The first-order valence-electron chi connectivity index (χ1n) is 7.40. The number of allylic oxidation sites excluding steroid dienone is 2. The summed E-state index contributed by atoms with van der Waals surface area (Å²) in [4.78, 5) is 0. The molecule has 0 aromatic heterocycles. The van der Waals surface area contributed by atoms with Gasteiger partial charge in [-0.2, -0.15) is 11.8 Å². The van der Waals surface area contributed by atoms with E-state index in [1.807, 2.05) is 0 Å². The Labute approximate surface area is 110 Å². The molecule has 3 rings (SSSR count). The highest BCUT2D eigenvalue weighted by Gasteiger charge is 2.36. The van der Waals surface area contributed by atoms with Crippen LogP contribution in [0.15, 0.2) is 12.2 Å². The molecule has 5 atom stereocenters. The van der Waals surface area contributed by atoms with Crippen molar-refractivity contribution in [3.05, 3.63) is 12.2 Å². The van der Waals surface area contributed by atoms with Gasteiger partial charge in [0.05, 0.1) is 0 Å². The maximum Gasteiger partial charge on any atom is 0.0201 e. The summed E-state index contributed by atoms with van der Waals surface area (Å²) < 4.78 is 0. The molecule has 0 aromatic carbocycles. The Morgan fingerprint density at radius 1 is 1.24 bits per heavy atom. The summed E-state index contributed by atoms with van der Waals surface area (Å²) in [6, 6.07) is 0.808. The smallest absolute Gasteiger partial charge is 0.0201 e. The summed E-state index contributed by atoms with van der Waals surface area (Å²) in [5, 5.41) is 4.79. The average molecular weight is 251 g/mol. The van der Waals surface area contributed by atoms with Crippen molar-refractivity contribution in [3.8, 4) is 0 Å². The normalized spacial score (nSPS) is 43.7. The van der Waals surface area contributed by atoms with E-state index in [9.17, 15) is 0 Å². The fourth-order valence-electron chi connectivity index (χ4n) is 4.01. The average Bonchev–Trinajstić information content (AvgIpc) is 3.02. The van der Waals surface area contributed by atoms with Crippen LogP contribution in [0.5, 0.6) is 0 Å². The van der Waals surface area contributed by atoms with Crippen molar-refractivity contribution in [3.63, 3.8) is 0 Å². The molecule has 2 saturated carbocycles. The number of nitrogens with one attached hydrogen (secondary N) is 1. The molecular formula is C15H25NS. The predicted molar refractivity (Wildman–Crippen MR) is 76.4 cm³/mol. The Bertz CT molecular complexity index is 289. The van der Waals surface area contributed by atoms with Gasteiger partial charge in [0, 0.05) is 11.3 Å². The van der Waals surface area contributed by atoms with Crippen LogP contribution >= 0.6 is 11.8 Å². The first kappa shape index (κ1) is 12.1. The third-order valence-electron chi connectivity index (χ3n) is 4.89. The molecule has 0 amide bonds. The van der Waals surface area contributed by atoms with Gasteiger partial charge in [-0.1, -0.05) is 25.5 Å². The lowest BCUT2D eigenvalue weighted by Gasteiger charge is -2.25. The minimum atomic E-state index is 0.808. The van der Waals surface area contributed by atoms with Crippen LogP contribution in [0, 0.1) is 17.8 Å². The zero-order valence-corrected chi connectivity index (χ0v) is 11.7. The lowest BCUT2D eigenvalue weighted by Crippen LogP contribution is -2.38. The Hall–Kier alpha value is 0.0500. The summed E-state index contributed by atoms with van der Waals surface area (Å²) in [6.07, 6.45) is 12.1. The lowest BCUT2D eigenvalue weighted by molar-refractivity contribution is 0.385. The SMILES string of the molecule is CCSC1CCCC1NCC1CC2C=CC1C2. The molecule has 0 spiro atoms. The van der Waals surface area contributed by atoms with Gasteiger partial charge >= 0.3 is 0 Å². The molecule has 1 nitrogen and oxygen atoms in total. The third kappa shape index (κ3) is 2.58. The number of hydrogen-bond donors (Lipinski definition) is 1. The molecule has 1 N–H and O–H groups in total. The van der Waals surface area contributed by atoms with Gasteiger partial charge in [-0.15, -0.1) is 0 Å². The molecule has 2 fully saturated rings. The highest BCUT2D eigenvalue weighted by molar-refractivity contribution is 7.99. The molecule has 0 heterocycles. The van der Waals surface area contributed by atoms with Crippen LogP contribution in [0.25, 0.3) is 0 Å². The summed E-state index contributed by atoms with van der Waals surface area (Å²) in [5.41, 5.74) is 0. The van der Waals surface area contributed by atoms with Gasteiger partial charge in [-0.05, 0) is 55.7 Å². The Kier molecular flexibility index (Phi) is 3.81. The number of rotatable bonds is 5. The zero-order chi connectivity index (χ0) is 11.7. The van der Waals surface area contributed by atoms with Crippen LogP contribution in [0.4, 0.5) is 0 Å². The second-order valence-corrected chi connectivity index (χ2v) is 7.50. The van der Waals surface area contributed by atoms with Crippen LogP contribution < -0.4 is 5.32 Å². The Morgan fingerprint density at radius 3 is 2.88 bits per heavy atom. The van der Waals surface area contributed by atoms with Gasteiger partial charge in [0.25, 0.3) is 0 Å². The second kappa shape index (κ2) is 5.36. The topological polar surface area (TPSA) is 12.0 Å². The minimum Gasteiger partial charge on any atom is -0.313 e. The van der Waals surface area contributed by atoms with Crippen LogP contribution in [0.2, 0.25) is 0 Å². The van der Waals surface area contributed by atoms with Crippen molar-refractivity contribution in [1.29, 1.82) is 0 Å². The summed E-state index contributed by atoms with van der Waals surface area (Å²) in [6.45, 7) is 3.57. The molecule has 2 heteroatoms. The van der Waals surface area contributed by atoms with E-state index in [0.717, 1.165) is 29.0 Å². The van der Waals surface area contributed by atoms with Gasteiger partial charge < -0.3 is 5.32 Å². The van der Waals surface area contributed by atoms with E-state index in [0.29, 0.717) is 0 Å². The minimum absolute atomic E-state index is 0.808. The molecule has 2 bridgehead atoms. The quantitative estimate of drug-likeness (QED) is 0.751. The van der Waals surface area contributed by atoms with E-state index in [1.165, 1.54) is 44.4 Å².